The lowest BCUT2D eigenvalue weighted by atomic mass is 9.81. The summed E-state index contributed by atoms with van der Waals surface area (Å²) in [5, 5.41) is 2.94. The van der Waals surface area contributed by atoms with Gasteiger partial charge in [0.2, 0.25) is 17.7 Å². The van der Waals surface area contributed by atoms with Gasteiger partial charge >= 0.3 is 0 Å². The second-order valence-electron chi connectivity index (χ2n) is 7.54. The summed E-state index contributed by atoms with van der Waals surface area (Å²) in [4.78, 5) is 38.9. The number of benzene rings is 2. The maximum absolute atomic E-state index is 12.5. The highest BCUT2D eigenvalue weighted by Crippen LogP contribution is 2.38. The molecule has 0 spiro atoms. The number of carbonyl (C=O) groups is 3. The first kappa shape index (κ1) is 18.4. The molecule has 4 rings (SSSR count). The number of likely N-dealkylation sites (tertiary alicyclic amines) is 1. The van der Waals surface area contributed by atoms with Crippen LogP contribution in [-0.4, -0.2) is 29.2 Å². The molecule has 28 heavy (non-hydrogen) atoms. The molecule has 1 N–H and O–H groups in total. The Morgan fingerprint density at radius 2 is 1.50 bits per heavy atom. The maximum Gasteiger partial charge on any atom is 0.233 e. The fourth-order valence-corrected chi connectivity index (χ4v) is 4.34. The minimum atomic E-state index is -0.196. The van der Waals surface area contributed by atoms with Gasteiger partial charge in [-0.1, -0.05) is 61.4 Å². The Bertz CT molecular complexity index is 870. The summed E-state index contributed by atoms with van der Waals surface area (Å²) in [6, 6.07) is 17.5. The highest BCUT2D eigenvalue weighted by atomic mass is 16.2. The average Bonchev–Trinajstić information content (AvgIpc) is 2.98. The van der Waals surface area contributed by atoms with Crippen LogP contribution in [0.3, 0.4) is 0 Å². The van der Waals surface area contributed by atoms with E-state index in [1.54, 1.807) is 0 Å². The normalized spacial score (nSPS) is 21.5. The van der Waals surface area contributed by atoms with Gasteiger partial charge in [0, 0.05) is 24.2 Å². The van der Waals surface area contributed by atoms with Crippen LogP contribution in [0.4, 0.5) is 5.69 Å². The number of rotatable bonds is 5. The maximum atomic E-state index is 12.5. The predicted octanol–water partition coefficient (Wildman–Crippen LogP) is 3.86. The number of hydrogen-bond acceptors (Lipinski definition) is 3. The zero-order chi connectivity index (χ0) is 19.5. The number of anilines is 1. The van der Waals surface area contributed by atoms with E-state index >= 15 is 0 Å². The quantitative estimate of drug-likeness (QED) is 0.806. The first-order valence-electron chi connectivity index (χ1n) is 9.94. The van der Waals surface area contributed by atoms with E-state index in [4.69, 9.17) is 0 Å². The molecular formula is C23H24N2O3. The third-order valence-corrected chi connectivity index (χ3v) is 5.78. The fraction of sp³-hybridized carbons (Fsp3) is 0.348. The first-order chi connectivity index (χ1) is 13.6. The van der Waals surface area contributed by atoms with Crippen LogP contribution in [-0.2, 0) is 14.4 Å². The minimum absolute atomic E-state index is 0.0906. The van der Waals surface area contributed by atoms with E-state index in [1.807, 2.05) is 54.6 Å². The van der Waals surface area contributed by atoms with Crippen molar-refractivity contribution in [2.75, 3.05) is 11.9 Å². The Hall–Kier alpha value is -2.95. The van der Waals surface area contributed by atoms with Crippen molar-refractivity contribution in [1.29, 1.82) is 0 Å². The van der Waals surface area contributed by atoms with E-state index in [9.17, 15) is 14.4 Å². The molecule has 1 aliphatic heterocycles. The van der Waals surface area contributed by atoms with E-state index in [-0.39, 0.29) is 42.5 Å². The number of fused-ring (bicyclic) bond motifs is 1. The molecule has 3 amide bonds. The smallest absolute Gasteiger partial charge is 0.233 e. The highest BCUT2D eigenvalue weighted by Gasteiger charge is 2.47. The number of nitrogens with one attached hydrogen (secondary N) is 1. The molecule has 2 aliphatic rings. The van der Waals surface area contributed by atoms with Gasteiger partial charge in [-0.2, -0.15) is 0 Å². The van der Waals surface area contributed by atoms with Crippen molar-refractivity contribution in [2.45, 2.75) is 32.1 Å². The van der Waals surface area contributed by atoms with Crippen LogP contribution in [0.15, 0.2) is 54.6 Å². The van der Waals surface area contributed by atoms with Crippen LogP contribution in [0.25, 0.3) is 11.1 Å². The van der Waals surface area contributed by atoms with Crippen molar-refractivity contribution in [3.63, 3.8) is 0 Å². The molecule has 2 atom stereocenters. The Balaban J connectivity index is 1.41. The lowest BCUT2D eigenvalue weighted by molar-refractivity contribution is -0.140. The van der Waals surface area contributed by atoms with Gasteiger partial charge in [0.25, 0.3) is 0 Å². The molecule has 1 saturated carbocycles. The van der Waals surface area contributed by atoms with E-state index in [0.29, 0.717) is 0 Å². The Labute approximate surface area is 164 Å². The molecule has 0 radical (unpaired) electrons. The van der Waals surface area contributed by atoms with Gasteiger partial charge in [0.1, 0.15) is 0 Å². The summed E-state index contributed by atoms with van der Waals surface area (Å²) < 4.78 is 0. The van der Waals surface area contributed by atoms with Gasteiger partial charge in [-0.15, -0.1) is 0 Å². The summed E-state index contributed by atoms with van der Waals surface area (Å²) in [7, 11) is 0. The molecule has 5 heteroatoms. The molecule has 5 nitrogen and oxygen atoms in total. The molecule has 2 fully saturated rings. The first-order valence-corrected chi connectivity index (χ1v) is 9.94. The van der Waals surface area contributed by atoms with E-state index < -0.39 is 0 Å². The van der Waals surface area contributed by atoms with Crippen molar-refractivity contribution in [3.05, 3.63) is 54.6 Å². The largest absolute Gasteiger partial charge is 0.325 e. The van der Waals surface area contributed by atoms with Crippen LogP contribution in [0.2, 0.25) is 0 Å². The molecule has 144 valence electrons. The van der Waals surface area contributed by atoms with Crippen molar-refractivity contribution in [3.8, 4) is 11.1 Å². The van der Waals surface area contributed by atoms with Gasteiger partial charge < -0.3 is 5.32 Å². The van der Waals surface area contributed by atoms with E-state index in [0.717, 1.165) is 42.5 Å². The van der Waals surface area contributed by atoms with Gasteiger partial charge in [-0.3, -0.25) is 19.3 Å². The Morgan fingerprint density at radius 1 is 0.893 bits per heavy atom. The monoisotopic (exact) mass is 376 g/mol. The summed E-state index contributed by atoms with van der Waals surface area (Å²) in [5.74, 6) is -0.704. The highest BCUT2D eigenvalue weighted by molar-refractivity contribution is 6.05. The zero-order valence-electron chi connectivity index (χ0n) is 15.8. The van der Waals surface area contributed by atoms with Crippen molar-refractivity contribution < 1.29 is 14.4 Å². The van der Waals surface area contributed by atoms with Gasteiger partial charge in [-0.05, 0) is 24.5 Å². The molecule has 2 aromatic carbocycles. The molecule has 2 aromatic rings. The van der Waals surface area contributed by atoms with Crippen LogP contribution in [0.1, 0.15) is 32.1 Å². The van der Waals surface area contributed by atoms with E-state index in [2.05, 4.69) is 5.32 Å². The van der Waals surface area contributed by atoms with Crippen molar-refractivity contribution in [2.24, 2.45) is 11.8 Å². The summed E-state index contributed by atoms with van der Waals surface area (Å²) in [5.41, 5.74) is 2.69. The number of amides is 3. The second-order valence-corrected chi connectivity index (χ2v) is 7.54. The average molecular weight is 376 g/mol. The fourth-order valence-electron chi connectivity index (χ4n) is 4.34. The number of carbonyl (C=O) groups excluding carboxylic acids is 3. The number of nitrogens with zero attached hydrogens (tertiary/aromatic N) is 1. The van der Waals surface area contributed by atoms with Gasteiger partial charge in [0.15, 0.2) is 0 Å². The number of hydrogen-bond donors (Lipinski definition) is 1. The molecule has 1 saturated heterocycles. The molecule has 0 unspecified atom stereocenters. The number of para-hydroxylation sites is 1. The Morgan fingerprint density at radius 3 is 2.18 bits per heavy atom. The predicted molar refractivity (Wildman–Crippen MR) is 107 cm³/mol. The summed E-state index contributed by atoms with van der Waals surface area (Å²) in [6.45, 7) is 0.157. The molecule has 0 bridgehead atoms. The Kier molecular flexibility index (Phi) is 5.24. The summed E-state index contributed by atoms with van der Waals surface area (Å²) in [6.07, 6.45) is 3.71. The number of imide groups is 1. The SMILES string of the molecule is O=C(CCN1C(=O)[C@H]2CCCC[C@@H]2C1=O)Nc1ccccc1-c1ccccc1. The van der Waals surface area contributed by atoms with Gasteiger partial charge in [0.05, 0.1) is 11.8 Å². The third kappa shape index (κ3) is 3.57. The lowest BCUT2D eigenvalue weighted by Crippen LogP contribution is -2.34. The molecule has 0 aromatic heterocycles. The lowest BCUT2D eigenvalue weighted by Gasteiger charge is -2.19. The van der Waals surface area contributed by atoms with Gasteiger partial charge in [-0.25, -0.2) is 0 Å². The van der Waals surface area contributed by atoms with Crippen LogP contribution < -0.4 is 5.32 Å². The molecular weight excluding hydrogens is 352 g/mol. The van der Waals surface area contributed by atoms with Crippen molar-refractivity contribution in [1.82, 2.24) is 4.90 Å². The van der Waals surface area contributed by atoms with Crippen LogP contribution in [0.5, 0.6) is 0 Å². The van der Waals surface area contributed by atoms with Crippen LogP contribution in [0, 0.1) is 11.8 Å². The van der Waals surface area contributed by atoms with Crippen LogP contribution >= 0.6 is 0 Å². The minimum Gasteiger partial charge on any atom is -0.325 e. The third-order valence-electron chi connectivity index (χ3n) is 5.78. The van der Waals surface area contributed by atoms with Crippen molar-refractivity contribution >= 4 is 23.4 Å². The molecule has 1 heterocycles. The standard InChI is InChI=1S/C23H24N2O3/c26-21(14-15-25-22(27)18-11-4-5-12-19(18)23(25)28)24-20-13-7-6-10-17(20)16-8-2-1-3-9-16/h1-3,6-10,13,18-19H,4-5,11-12,14-15H2,(H,24,26)/t18-,19-/m0/s1. The molecule has 1 aliphatic carbocycles. The zero-order valence-corrected chi connectivity index (χ0v) is 15.8. The summed E-state index contributed by atoms with van der Waals surface area (Å²) >= 11 is 0. The van der Waals surface area contributed by atoms with E-state index in [1.165, 1.54) is 4.90 Å². The topological polar surface area (TPSA) is 66.5 Å². The second kappa shape index (κ2) is 7.97.